The Kier molecular flexibility index (Phi) is 3.89. The van der Waals surface area contributed by atoms with Gasteiger partial charge in [-0.25, -0.2) is 0 Å². The normalized spacial score (nSPS) is 19.5. The highest BCUT2D eigenvalue weighted by atomic mass is 16.7. The summed E-state index contributed by atoms with van der Waals surface area (Å²) in [6.07, 6.45) is 1.89. The van der Waals surface area contributed by atoms with Crippen LogP contribution in [0.2, 0.25) is 0 Å². The maximum absolute atomic E-state index is 6.10. The summed E-state index contributed by atoms with van der Waals surface area (Å²) >= 11 is 0. The van der Waals surface area contributed by atoms with E-state index < -0.39 is 0 Å². The van der Waals surface area contributed by atoms with Gasteiger partial charge in [0.05, 0.1) is 17.4 Å². The van der Waals surface area contributed by atoms with Gasteiger partial charge in [-0.1, -0.05) is 38.1 Å². The molecular weight excluding hydrogens is 287 g/mol. The molecular formula is C18H25BN2O2. The smallest absolute Gasteiger partial charge is 0.399 e. The Balaban J connectivity index is 1.85. The first-order valence-electron chi connectivity index (χ1n) is 8.20. The molecule has 1 aliphatic rings. The third-order valence-corrected chi connectivity index (χ3v) is 4.99. The summed E-state index contributed by atoms with van der Waals surface area (Å²) < 4.78 is 12.2. The van der Waals surface area contributed by atoms with Crippen LogP contribution in [-0.4, -0.2) is 28.5 Å². The van der Waals surface area contributed by atoms with Crippen LogP contribution in [-0.2, 0) is 9.31 Å². The molecule has 1 fully saturated rings. The van der Waals surface area contributed by atoms with Crippen LogP contribution in [0.1, 0.15) is 53.2 Å². The van der Waals surface area contributed by atoms with Crippen molar-refractivity contribution in [1.29, 1.82) is 0 Å². The maximum atomic E-state index is 6.10. The minimum Gasteiger partial charge on any atom is -0.399 e. The minimum atomic E-state index is -0.317. The van der Waals surface area contributed by atoms with Crippen molar-refractivity contribution in [3.05, 3.63) is 36.2 Å². The second kappa shape index (κ2) is 5.50. The Labute approximate surface area is 138 Å². The maximum Gasteiger partial charge on any atom is 0.494 e. The number of H-pyrrole nitrogens is 1. The van der Waals surface area contributed by atoms with Gasteiger partial charge in [-0.05, 0) is 44.6 Å². The van der Waals surface area contributed by atoms with Gasteiger partial charge < -0.3 is 9.31 Å². The van der Waals surface area contributed by atoms with Crippen molar-refractivity contribution in [3.8, 4) is 11.1 Å². The van der Waals surface area contributed by atoms with E-state index in [1.54, 1.807) is 0 Å². The van der Waals surface area contributed by atoms with Gasteiger partial charge in [-0.15, -0.1) is 0 Å². The third-order valence-electron chi connectivity index (χ3n) is 4.99. The Morgan fingerprint density at radius 1 is 1.00 bits per heavy atom. The summed E-state index contributed by atoms with van der Waals surface area (Å²) in [6, 6.07) is 8.37. The molecule has 1 aromatic carbocycles. The van der Waals surface area contributed by atoms with Crippen LogP contribution in [0.25, 0.3) is 11.1 Å². The molecule has 122 valence electrons. The second-order valence-corrected chi connectivity index (χ2v) is 7.56. The molecule has 0 radical (unpaired) electrons. The molecule has 0 aliphatic carbocycles. The summed E-state index contributed by atoms with van der Waals surface area (Å²) in [6.45, 7) is 12.6. The predicted octanol–water partition coefficient (Wildman–Crippen LogP) is 3.50. The SMILES string of the molecule is CC(C)c1[nH]ncc1-c1ccc(B2OC(C)(C)C(C)(C)O2)cc1. The molecule has 1 N–H and O–H groups in total. The summed E-state index contributed by atoms with van der Waals surface area (Å²) in [7, 11) is -0.317. The fourth-order valence-electron chi connectivity index (χ4n) is 2.77. The summed E-state index contributed by atoms with van der Waals surface area (Å²) in [4.78, 5) is 0. The van der Waals surface area contributed by atoms with E-state index in [9.17, 15) is 0 Å². The van der Waals surface area contributed by atoms with E-state index in [2.05, 4.69) is 76.0 Å². The number of hydrogen-bond donors (Lipinski definition) is 1. The average Bonchev–Trinajstić information content (AvgIpc) is 3.02. The van der Waals surface area contributed by atoms with Crippen LogP contribution in [0.4, 0.5) is 0 Å². The topological polar surface area (TPSA) is 47.1 Å². The first-order valence-corrected chi connectivity index (χ1v) is 8.20. The minimum absolute atomic E-state index is 0.314. The van der Waals surface area contributed by atoms with E-state index >= 15 is 0 Å². The predicted molar refractivity (Wildman–Crippen MR) is 93.8 cm³/mol. The van der Waals surface area contributed by atoms with Gasteiger partial charge in [0.1, 0.15) is 0 Å². The van der Waals surface area contributed by atoms with Gasteiger partial charge in [0, 0.05) is 11.3 Å². The molecule has 0 unspecified atom stereocenters. The van der Waals surface area contributed by atoms with Crippen LogP contribution < -0.4 is 5.46 Å². The first-order chi connectivity index (χ1) is 10.7. The monoisotopic (exact) mass is 312 g/mol. The zero-order valence-corrected chi connectivity index (χ0v) is 14.8. The van der Waals surface area contributed by atoms with Crippen molar-refractivity contribution in [2.24, 2.45) is 0 Å². The Morgan fingerprint density at radius 3 is 2.09 bits per heavy atom. The lowest BCUT2D eigenvalue weighted by atomic mass is 9.78. The lowest BCUT2D eigenvalue weighted by Gasteiger charge is -2.32. The lowest BCUT2D eigenvalue weighted by molar-refractivity contribution is 0.00578. The highest BCUT2D eigenvalue weighted by Gasteiger charge is 2.51. The molecule has 0 atom stereocenters. The number of aromatic nitrogens is 2. The molecule has 0 bridgehead atoms. The van der Waals surface area contributed by atoms with Crippen LogP contribution in [0.3, 0.4) is 0 Å². The fraction of sp³-hybridized carbons (Fsp3) is 0.500. The Bertz CT molecular complexity index is 673. The van der Waals surface area contributed by atoms with Gasteiger partial charge in [-0.2, -0.15) is 5.10 Å². The molecule has 0 spiro atoms. The van der Waals surface area contributed by atoms with E-state index in [0.29, 0.717) is 5.92 Å². The zero-order chi connectivity index (χ0) is 16.8. The van der Waals surface area contributed by atoms with E-state index in [0.717, 1.165) is 22.3 Å². The lowest BCUT2D eigenvalue weighted by Crippen LogP contribution is -2.41. The first kappa shape index (κ1) is 16.3. The molecule has 1 aliphatic heterocycles. The molecule has 4 nitrogen and oxygen atoms in total. The fourth-order valence-corrected chi connectivity index (χ4v) is 2.77. The number of aromatic amines is 1. The van der Waals surface area contributed by atoms with Gasteiger partial charge in [0.25, 0.3) is 0 Å². The quantitative estimate of drug-likeness (QED) is 0.882. The standard InChI is InChI=1S/C18H25BN2O2/c1-12(2)16-15(11-20-21-16)13-7-9-14(10-8-13)19-22-17(3,4)18(5,6)23-19/h7-12H,1-6H3,(H,20,21). The zero-order valence-electron chi connectivity index (χ0n) is 14.8. The molecule has 23 heavy (non-hydrogen) atoms. The molecule has 0 amide bonds. The molecule has 0 saturated carbocycles. The summed E-state index contributed by atoms with van der Waals surface area (Å²) in [5.41, 5.74) is 3.88. The number of nitrogens with zero attached hydrogens (tertiary/aromatic N) is 1. The molecule has 2 heterocycles. The van der Waals surface area contributed by atoms with Crippen LogP contribution >= 0.6 is 0 Å². The Hall–Kier alpha value is -1.59. The van der Waals surface area contributed by atoms with Crippen molar-refractivity contribution in [3.63, 3.8) is 0 Å². The number of nitrogens with one attached hydrogen (secondary N) is 1. The van der Waals surface area contributed by atoms with Crippen molar-refractivity contribution in [2.75, 3.05) is 0 Å². The largest absolute Gasteiger partial charge is 0.494 e. The van der Waals surface area contributed by atoms with E-state index in [4.69, 9.17) is 9.31 Å². The number of benzene rings is 1. The number of hydrogen-bond acceptors (Lipinski definition) is 3. The van der Waals surface area contributed by atoms with Crippen molar-refractivity contribution in [2.45, 2.75) is 58.7 Å². The van der Waals surface area contributed by atoms with E-state index in [1.165, 1.54) is 0 Å². The second-order valence-electron chi connectivity index (χ2n) is 7.56. The highest BCUT2D eigenvalue weighted by molar-refractivity contribution is 6.62. The van der Waals surface area contributed by atoms with Gasteiger partial charge in [0.15, 0.2) is 0 Å². The average molecular weight is 312 g/mol. The van der Waals surface area contributed by atoms with Crippen LogP contribution in [0.5, 0.6) is 0 Å². The van der Waals surface area contributed by atoms with E-state index in [-0.39, 0.29) is 18.3 Å². The highest BCUT2D eigenvalue weighted by Crippen LogP contribution is 2.36. The van der Waals surface area contributed by atoms with Gasteiger partial charge >= 0.3 is 7.12 Å². The third kappa shape index (κ3) is 2.84. The van der Waals surface area contributed by atoms with Gasteiger partial charge in [0.2, 0.25) is 0 Å². The van der Waals surface area contributed by atoms with Crippen molar-refractivity contribution in [1.82, 2.24) is 10.2 Å². The Morgan fingerprint density at radius 2 is 1.57 bits per heavy atom. The van der Waals surface area contributed by atoms with Crippen molar-refractivity contribution < 1.29 is 9.31 Å². The summed E-state index contributed by atoms with van der Waals surface area (Å²) in [5, 5.41) is 7.28. The van der Waals surface area contributed by atoms with E-state index in [1.807, 2.05) is 6.20 Å². The number of rotatable bonds is 3. The molecule has 2 aromatic rings. The molecule has 5 heteroatoms. The molecule has 1 aromatic heterocycles. The van der Waals surface area contributed by atoms with Crippen LogP contribution in [0, 0.1) is 0 Å². The molecule has 3 rings (SSSR count). The van der Waals surface area contributed by atoms with Crippen molar-refractivity contribution >= 4 is 12.6 Å². The van der Waals surface area contributed by atoms with Gasteiger partial charge in [-0.3, -0.25) is 5.10 Å². The summed E-state index contributed by atoms with van der Waals surface area (Å²) in [5.74, 6) is 0.412. The van der Waals surface area contributed by atoms with Crippen LogP contribution in [0.15, 0.2) is 30.5 Å². The molecule has 1 saturated heterocycles.